The van der Waals surface area contributed by atoms with Crippen molar-refractivity contribution in [2.24, 2.45) is 0 Å². The molecule has 1 unspecified atom stereocenters. The summed E-state index contributed by atoms with van der Waals surface area (Å²) < 4.78 is 37.7. The van der Waals surface area contributed by atoms with Crippen molar-refractivity contribution in [1.29, 1.82) is 0 Å². The highest BCUT2D eigenvalue weighted by Crippen LogP contribution is 2.34. The molecule has 1 aliphatic heterocycles. The summed E-state index contributed by atoms with van der Waals surface area (Å²) in [6.45, 7) is 2.17. The predicted octanol–water partition coefficient (Wildman–Crippen LogP) is 3.24. The van der Waals surface area contributed by atoms with E-state index in [9.17, 15) is 13.2 Å². The summed E-state index contributed by atoms with van der Waals surface area (Å²) in [5, 5.41) is 0.00132. The molecule has 2 aromatic rings. The van der Waals surface area contributed by atoms with Gasteiger partial charge in [0.05, 0.1) is 19.1 Å². The Labute approximate surface area is 176 Å². The number of nitrogens with zero attached hydrogens (tertiary/aromatic N) is 1. The number of thioether (sulfide) groups is 1. The fraction of sp³-hybridized carbons (Fsp3) is 0.381. The van der Waals surface area contributed by atoms with E-state index in [1.807, 2.05) is 31.2 Å². The Balaban J connectivity index is 1.75. The number of methoxy groups -OCH3 is 2. The van der Waals surface area contributed by atoms with E-state index in [1.165, 1.54) is 11.4 Å². The molecule has 3 rings (SSSR count). The van der Waals surface area contributed by atoms with Gasteiger partial charge in [0, 0.05) is 17.5 Å². The molecule has 1 saturated heterocycles. The molecule has 0 bridgehead atoms. The number of aryl methyl sites for hydroxylation is 1. The van der Waals surface area contributed by atoms with E-state index in [4.69, 9.17) is 9.47 Å². The van der Waals surface area contributed by atoms with Gasteiger partial charge in [-0.25, -0.2) is 8.42 Å². The lowest BCUT2D eigenvalue weighted by atomic mass is 10.2. The molecule has 29 heavy (non-hydrogen) atoms. The maximum Gasteiger partial charge on any atom is 0.324 e. The van der Waals surface area contributed by atoms with Crippen LogP contribution in [-0.4, -0.2) is 50.7 Å². The molecule has 0 saturated carbocycles. The second kappa shape index (κ2) is 9.19. The summed E-state index contributed by atoms with van der Waals surface area (Å²) in [5.41, 5.74) is 2.09. The van der Waals surface area contributed by atoms with E-state index in [0.29, 0.717) is 6.42 Å². The zero-order valence-electron chi connectivity index (χ0n) is 16.7. The van der Waals surface area contributed by atoms with Crippen molar-refractivity contribution in [3.63, 3.8) is 0 Å². The Morgan fingerprint density at radius 3 is 2.34 bits per heavy atom. The predicted molar refractivity (Wildman–Crippen MR) is 114 cm³/mol. The van der Waals surface area contributed by atoms with Gasteiger partial charge in [-0.15, -0.1) is 0 Å². The van der Waals surface area contributed by atoms with E-state index in [1.54, 1.807) is 43.1 Å². The lowest BCUT2D eigenvalue weighted by Crippen LogP contribution is -2.41. The summed E-state index contributed by atoms with van der Waals surface area (Å²) in [7, 11) is -0.870. The summed E-state index contributed by atoms with van der Waals surface area (Å²) in [6.07, 6.45) is 0.429. The molecule has 0 N–H and O–H groups in total. The number of hydrogen-bond donors (Lipinski definition) is 0. The van der Waals surface area contributed by atoms with Crippen LogP contribution < -0.4 is 4.74 Å². The van der Waals surface area contributed by atoms with E-state index in [-0.39, 0.29) is 16.7 Å². The quantitative estimate of drug-likeness (QED) is 0.622. The molecular weight excluding hydrogens is 410 g/mol. The van der Waals surface area contributed by atoms with Crippen molar-refractivity contribution in [2.75, 3.05) is 20.8 Å². The average Bonchev–Trinajstić information content (AvgIpc) is 3.17. The standard InChI is InChI=1S/C21H25NO5S2/c1-15-4-10-19(11-5-15)29(24,25)22-13-18(12-20(22)21(23)27-3)28-14-16-6-8-17(26-2)9-7-16/h4-11,18,20H,12-14H2,1-3H3/t18?,20-/m0/s1. The first-order valence-electron chi connectivity index (χ1n) is 9.26. The number of sulfonamides is 1. The maximum atomic E-state index is 13.2. The fourth-order valence-corrected chi connectivity index (χ4v) is 6.22. The van der Waals surface area contributed by atoms with Crippen molar-refractivity contribution >= 4 is 27.8 Å². The third-order valence-corrected chi connectivity index (χ3v) is 8.16. The highest BCUT2D eigenvalue weighted by molar-refractivity contribution is 7.99. The molecule has 0 radical (unpaired) electrons. The molecule has 2 aromatic carbocycles. The number of ether oxygens (including phenoxy) is 2. The van der Waals surface area contributed by atoms with Gasteiger partial charge < -0.3 is 9.47 Å². The molecule has 0 spiro atoms. The Hall–Kier alpha value is -2.03. The first-order valence-corrected chi connectivity index (χ1v) is 11.7. The molecule has 0 aromatic heterocycles. The van der Waals surface area contributed by atoms with Crippen LogP contribution in [0.4, 0.5) is 0 Å². The van der Waals surface area contributed by atoms with Crippen molar-refractivity contribution < 1.29 is 22.7 Å². The fourth-order valence-electron chi connectivity index (χ4n) is 3.29. The molecule has 156 valence electrons. The molecule has 8 heteroatoms. The van der Waals surface area contributed by atoms with Crippen LogP contribution in [-0.2, 0) is 25.3 Å². The number of carbonyl (C=O) groups is 1. The van der Waals surface area contributed by atoms with Crippen LogP contribution in [0.25, 0.3) is 0 Å². The highest BCUT2D eigenvalue weighted by Gasteiger charge is 2.44. The molecule has 1 aliphatic rings. The molecule has 1 fully saturated rings. The lowest BCUT2D eigenvalue weighted by molar-refractivity contribution is -0.144. The van der Waals surface area contributed by atoms with Crippen LogP contribution in [0.5, 0.6) is 5.75 Å². The van der Waals surface area contributed by atoms with Crippen LogP contribution in [0, 0.1) is 6.92 Å². The van der Waals surface area contributed by atoms with Gasteiger partial charge in [0.25, 0.3) is 0 Å². The molecule has 0 amide bonds. The first kappa shape index (κ1) is 21.7. The minimum Gasteiger partial charge on any atom is -0.497 e. The minimum atomic E-state index is -3.78. The Morgan fingerprint density at radius 1 is 1.10 bits per heavy atom. The molecule has 1 heterocycles. The Kier molecular flexibility index (Phi) is 6.87. The van der Waals surface area contributed by atoms with E-state index >= 15 is 0 Å². The summed E-state index contributed by atoms with van der Waals surface area (Å²) in [6, 6.07) is 13.6. The minimum absolute atomic E-state index is 0.00132. The van der Waals surface area contributed by atoms with Gasteiger partial charge in [-0.05, 0) is 43.2 Å². The van der Waals surface area contributed by atoms with Gasteiger partial charge in [0.15, 0.2) is 0 Å². The summed E-state index contributed by atoms with van der Waals surface area (Å²) in [5.74, 6) is 0.995. The Bertz CT molecular complexity index is 942. The number of carbonyl (C=O) groups excluding carboxylic acids is 1. The molecule has 2 atom stereocenters. The van der Waals surface area contributed by atoms with Crippen LogP contribution in [0.15, 0.2) is 53.4 Å². The molecular formula is C21H25NO5S2. The Morgan fingerprint density at radius 2 is 1.76 bits per heavy atom. The number of hydrogen-bond acceptors (Lipinski definition) is 6. The van der Waals surface area contributed by atoms with Crippen LogP contribution in [0.2, 0.25) is 0 Å². The lowest BCUT2D eigenvalue weighted by Gasteiger charge is -2.22. The van der Waals surface area contributed by atoms with Gasteiger partial charge in [0.2, 0.25) is 10.0 Å². The third kappa shape index (κ3) is 4.94. The van der Waals surface area contributed by atoms with Gasteiger partial charge in [0.1, 0.15) is 11.8 Å². The second-order valence-electron chi connectivity index (χ2n) is 6.94. The second-order valence-corrected chi connectivity index (χ2v) is 10.1. The summed E-state index contributed by atoms with van der Waals surface area (Å²) >= 11 is 1.65. The average molecular weight is 436 g/mol. The topological polar surface area (TPSA) is 72.9 Å². The monoisotopic (exact) mass is 435 g/mol. The van der Waals surface area contributed by atoms with Gasteiger partial charge >= 0.3 is 5.97 Å². The van der Waals surface area contributed by atoms with Crippen LogP contribution in [0.1, 0.15) is 17.5 Å². The number of rotatable bonds is 7. The van der Waals surface area contributed by atoms with E-state index < -0.39 is 22.0 Å². The zero-order chi connectivity index (χ0) is 21.0. The van der Waals surface area contributed by atoms with Crippen molar-refractivity contribution in [2.45, 2.75) is 35.3 Å². The molecule has 0 aliphatic carbocycles. The summed E-state index contributed by atoms with van der Waals surface area (Å²) in [4.78, 5) is 12.5. The number of esters is 1. The number of benzene rings is 2. The van der Waals surface area contributed by atoms with E-state index in [2.05, 4.69) is 0 Å². The van der Waals surface area contributed by atoms with Crippen molar-refractivity contribution in [3.05, 3.63) is 59.7 Å². The molecule has 6 nitrogen and oxygen atoms in total. The SMILES string of the molecule is COC(=O)[C@@H]1CC(SCc2ccc(OC)cc2)CN1S(=O)(=O)c1ccc(C)cc1. The largest absolute Gasteiger partial charge is 0.497 e. The van der Waals surface area contributed by atoms with Crippen molar-refractivity contribution in [3.8, 4) is 5.75 Å². The smallest absolute Gasteiger partial charge is 0.324 e. The first-order chi connectivity index (χ1) is 13.8. The van der Waals surface area contributed by atoms with Crippen molar-refractivity contribution in [1.82, 2.24) is 4.31 Å². The zero-order valence-corrected chi connectivity index (χ0v) is 18.3. The normalized spacial score (nSPS) is 19.8. The van der Waals surface area contributed by atoms with Gasteiger partial charge in [-0.1, -0.05) is 29.8 Å². The van der Waals surface area contributed by atoms with Crippen LogP contribution in [0.3, 0.4) is 0 Å². The van der Waals surface area contributed by atoms with Crippen LogP contribution >= 0.6 is 11.8 Å². The maximum absolute atomic E-state index is 13.2. The van der Waals surface area contributed by atoms with Gasteiger partial charge in [-0.2, -0.15) is 16.1 Å². The highest BCUT2D eigenvalue weighted by atomic mass is 32.2. The third-order valence-electron chi connectivity index (χ3n) is 4.96. The van der Waals surface area contributed by atoms with Gasteiger partial charge in [-0.3, -0.25) is 4.79 Å². The van der Waals surface area contributed by atoms with E-state index in [0.717, 1.165) is 22.6 Å².